The highest BCUT2D eigenvalue weighted by Crippen LogP contribution is 2.30. The summed E-state index contributed by atoms with van der Waals surface area (Å²) in [6, 6.07) is 5.54. The van der Waals surface area contributed by atoms with E-state index in [1.54, 1.807) is 23.9 Å². The molecule has 0 radical (unpaired) electrons. The van der Waals surface area contributed by atoms with Gasteiger partial charge in [0.15, 0.2) is 0 Å². The van der Waals surface area contributed by atoms with E-state index in [-0.39, 0.29) is 11.9 Å². The Morgan fingerprint density at radius 2 is 2.12 bits per heavy atom. The number of thioether (sulfide) groups is 1. The van der Waals surface area contributed by atoms with Gasteiger partial charge >= 0.3 is 0 Å². The maximum absolute atomic E-state index is 13.7. The second-order valence-corrected chi connectivity index (χ2v) is 4.89. The molecule has 3 heteroatoms. The lowest BCUT2D eigenvalue weighted by molar-refractivity contribution is 0.558. The lowest BCUT2D eigenvalue weighted by Gasteiger charge is -2.17. The SMILES string of the molecule is CCCSc1c(F)cccc1C(C)NCC. The third-order valence-electron chi connectivity index (χ3n) is 2.42. The molecule has 0 amide bonds. The normalized spacial score (nSPS) is 12.8. The highest BCUT2D eigenvalue weighted by Gasteiger charge is 2.13. The fourth-order valence-electron chi connectivity index (χ4n) is 1.64. The molecule has 0 aliphatic carbocycles. The molecule has 0 saturated heterocycles. The van der Waals surface area contributed by atoms with Crippen molar-refractivity contribution in [1.29, 1.82) is 0 Å². The Hall–Kier alpha value is -0.540. The molecule has 0 fully saturated rings. The van der Waals surface area contributed by atoms with Gasteiger partial charge in [0.1, 0.15) is 5.82 Å². The topological polar surface area (TPSA) is 12.0 Å². The lowest BCUT2D eigenvalue weighted by atomic mass is 10.1. The van der Waals surface area contributed by atoms with Gasteiger partial charge in [0.2, 0.25) is 0 Å². The van der Waals surface area contributed by atoms with Crippen molar-refractivity contribution in [1.82, 2.24) is 5.32 Å². The molecular formula is C13H20FNS. The Bertz CT molecular complexity index is 328. The maximum atomic E-state index is 13.7. The van der Waals surface area contributed by atoms with E-state index in [4.69, 9.17) is 0 Å². The smallest absolute Gasteiger partial charge is 0.137 e. The molecule has 1 aromatic rings. The van der Waals surface area contributed by atoms with Gasteiger partial charge in [0.25, 0.3) is 0 Å². The van der Waals surface area contributed by atoms with Crippen molar-refractivity contribution in [3.05, 3.63) is 29.6 Å². The van der Waals surface area contributed by atoms with E-state index in [1.165, 1.54) is 0 Å². The molecule has 16 heavy (non-hydrogen) atoms. The van der Waals surface area contributed by atoms with Crippen LogP contribution in [0.1, 0.15) is 38.8 Å². The van der Waals surface area contributed by atoms with Crippen LogP contribution in [0.3, 0.4) is 0 Å². The Labute approximate surface area is 102 Å². The van der Waals surface area contributed by atoms with E-state index >= 15 is 0 Å². The molecule has 0 aliphatic heterocycles. The first-order valence-corrected chi connectivity index (χ1v) is 6.83. The van der Waals surface area contributed by atoms with Crippen molar-refractivity contribution in [2.24, 2.45) is 0 Å². The number of hydrogen-bond acceptors (Lipinski definition) is 2. The van der Waals surface area contributed by atoms with Crippen LogP contribution in [0.2, 0.25) is 0 Å². The molecule has 1 unspecified atom stereocenters. The number of hydrogen-bond donors (Lipinski definition) is 1. The van der Waals surface area contributed by atoms with Crippen LogP contribution in [0, 0.1) is 5.82 Å². The van der Waals surface area contributed by atoms with Crippen molar-refractivity contribution in [2.45, 2.75) is 38.1 Å². The van der Waals surface area contributed by atoms with Crippen molar-refractivity contribution in [3.8, 4) is 0 Å². The second-order valence-electron chi connectivity index (χ2n) is 3.79. The molecule has 1 aromatic carbocycles. The van der Waals surface area contributed by atoms with Gasteiger partial charge < -0.3 is 5.32 Å². The monoisotopic (exact) mass is 241 g/mol. The van der Waals surface area contributed by atoms with Crippen LogP contribution in [0.4, 0.5) is 4.39 Å². The molecule has 1 N–H and O–H groups in total. The number of rotatable bonds is 6. The zero-order chi connectivity index (χ0) is 12.0. The Balaban J connectivity index is 2.92. The zero-order valence-corrected chi connectivity index (χ0v) is 11.0. The maximum Gasteiger partial charge on any atom is 0.137 e. The molecule has 90 valence electrons. The number of nitrogens with one attached hydrogen (secondary N) is 1. The first-order chi connectivity index (χ1) is 7.70. The van der Waals surface area contributed by atoms with Crippen LogP contribution < -0.4 is 5.32 Å². The van der Waals surface area contributed by atoms with Gasteiger partial charge in [-0.25, -0.2) is 4.39 Å². The molecule has 0 saturated carbocycles. The average Bonchev–Trinajstić information content (AvgIpc) is 2.27. The predicted molar refractivity (Wildman–Crippen MR) is 69.5 cm³/mol. The summed E-state index contributed by atoms with van der Waals surface area (Å²) in [4.78, 5) is 0.804. The number of benzene rings is 1. The van der Waals surface area contributed by atoms with Crippen LogP contribution in [-0.2, 0) is 0 Å². The standard InChI is InChI=1S/C13H20FNS/c1-4-9-16-13-11(10(3)15-5-2)7-6-8-12(13)14/h6-8,10,15H,4-5,9H2,1-3H3. The van der Waals surface area contributed by atoms with Crippen LogP contribution >= 0.6 is 11.8 Å². The van der Waals surface area contributed by atoms with E-state index in [1.807, 2.05) is 6.07 Å². The van der Waals surface area contributed by atoms with Gasteiger partial charge in [0.05, 0.1) is 0 Å². The van der Waals surface area contributed by atoms with Crippen LogP contribution in [-0.4, -0.2) is 12.3 Å². The largest absolute Gasteiger partial charge is 0.310 e. The molecule has 1 atom stereocenters. The highest BCUT2D eigenvalue weighted by atomic mass is 32.2. The summed E-state index contributed by atoms with van der Waals surface area (Å²) in [5, 5.41) is 3.33. The minimum absolute atomic E-state index is 0.0966. The summed E-state index contributed by atoms with van der Waals surface area (Å²) >= 11 is 1.61. The molecule has 0 heterocycles. The van der Waals surface area contributed by atoms with Crippen molar-refractivity contribution in [2.75, 3.05) is 12.3 Å². The van der Waals surface area contributed by atoms with Crippen molar-refractivity contribution >= 4 is 11.8 Å². The second kappa shape index (κ2) is 6.92. The summed E-state index contributed by atoms with van der Waals surface area (Å²) in [6.07, 6.45) is 1.06. The van der Waals surface area contributed by atoms with E-state index < -0.39 is 0 Å². The summed E-state index contributed by atoms with van der Waals surface area (Å²) in [6.45, 7) is 7.15. The third-order valence-corrected chi connectivity index (χ3v) is 3.76. The van der Waals surface area contributed by atoms with Gasteiger partial charge in [-0.15, -0.1) is 11.8 Å². The molecule has 0 bridgehead atoms. The molecule has 0 aliphatic rings. The summed E-state index contributed by atoms with van der Waals surface area (Å²) in [5.41, 5.74) is 1.07. The zero-order valence-electron chi connectivity index (χ0n) is 10.2. The van der Waals surface area contributed by atoms with E-state index in [2.05, 4.69) is 26.1 Å². The molecule has 1 rings (SSSR count). The Kier molecular flexibility index (Phi) is 5.85. The first-order valence-electron chi connectivity index (χ1n) is 5.85. The molecule has 1 nitrogen and oxygen atoms in total. The fraction of sp³-hybridized carbons (Fsp3) is 0.538. The summed E-state index contributed by atoms with van der Waals surface area (Å²) in [7, 11) is 0. The summed E-state index contributed by atoms with van der Waals surface area (Å²) in [5.74, 6) is 0.868. The van der Waals surface area contributed by atoms with E-state index in [0.717, 1.165) is 29.2 Å². The van der Waals surface area contributed by atoms with Gasteiger partial charge in [0, 0.05) is 10.9 Å². The highest BCUT2D eigenvalue weighted by molar-refractivity contribution is 7.99. The molecule has 0 aromatic heterocycles. The minimum atomic E-state index is -0.0966. The van der Waals surface area contributed by atoms with Gasteiger partial charge in [-0.05, 0) is 37.3 Å². The first kappa shape index (κ1) is 13.5. The van der Waals surface area contributed by atoms with Gasteiger partial charge in [-0.2, -0.15) is 0 Å². The quantitative estimate of drug-likeness (QED) is 0.756. The van der Waals surface area contributed by atoms with E-state index in [0.29, 0.717) is 0 Å². The third kappa shape index (κ3) is 3.49. The van der Waals surface area contributed by atoms with Gasteiger partial charge in [-0.1, -0.05) is 26.0 Å². The van der Waals surface area contributed by atoms with Crippen LogP contribution in [0.25, 0.3) is 0 Å². The average molecular weight is 241 g/mol. The van der Waals surface area contributed by atoms with E-state index in [9.17, 15) is 4.39 Å². The molecular weight excluding hydrogens is 221 g/mol. The fourth-order valence-corrected chi connectivity index (χ4v) is 2.66. The summed E-state index contributed by atoms with van der Waals surface area (Å²) < 4.78 is 13.7. The molecule has 0 spiro atoms. The lowest BCUT2D eigenvalue weighted by Crippen LogP contribution is -2.18. The predicted octanol–water partition coefficient (Wildman–Crippen LogP) is 4.00. The Morgan fingerprint density at radius 1 is 1.38 bits per heavy atom. The number of halogens is 1. The Morgan fingerprint density at radius 3 is 2.75 bits per heavy atom. The van der Waals surface area contributed by atoms with Crippen LogP contribution in [0.15, 0.2) is 23.1 Å². The van der Waals surface area contributed by atoms with Crippen molar-refractivity contribution in [3.63, 3.8) is 0 Å². The van der Waals surface area contributed by atoms with Crippen LogP contribution in [0.5, 0.6) is 0 Å². The van der Waals surface area contributed by atoms with Gasteiger partial charge in [-0.3, -0.25) is 0 Å². The van der Waals surface area contributed by atoms with Crippen molar-refractivity contribution < 1.29 is 4.39 Å². The minimum Gasteiger partial charge on any atom is -0.310 e.